The maximum Gasteiger partial charge on any atom is 0.123 e. The Hall–Kier alpha value is -1.91. The van der Waals surface area contributed by atoms with E-state index in [4.69, 9.17) is 10.5 Å². The van der Waals surface area contributed by atoms with E-state index in [-0.39, 0.29) is 0 Å². The summed E-state index contributed by atoms with van der Waals surface area (Å²) in [5, 5.41) is 10.9. The number of aromatic nitrogens is 1. The van der Waals surface area contributed by atoms with Gasteiger partial charge in [0.05, 0.1) is 12.7 Å². The van der Waals surface area contributed by atoms with Crippen molar-refractivity contribution in [2.75, 3.05) is 13.2 Å². The highest BCUT2D eigenvalue weighted by Crippen LogP contribution is 2.45. The van der Waals surface area contributed by atoms with E-state index in [1.54, 1.807) is 12.4 Å². The molecule has 3 rings (SSSR count). The standard InChI is InChI=1S/C16H18N2O2/c17-11-16(15(19)12-4-3-8-18-10-12)7-9-20-14-6-2-1-5-13(14)16/h1-6,8,10,15,19H,7,9,11,17H2. The molecule has 0 aliphatic carbocycles. The molecule has 2 atom stereocenters. The van der Waals surface area contributed by atoms with Crippen LogP contribution in [0.1, 0.15) is 23.7 Å². The van der Waals surface area contributed by atoms with Crippen LogP contribution in [0.25, 0.3) is 0 Å². The first kappa shape index (κ1) is 13.1. The van der Waals surface area contributed by atoms with Crippen LogP contribution >= 0.6 is 0 Å². The summed E-state index contributed by atoms with van der Waals surface area (Å²) in [6, 6.07) is 11.5. The second-order valence-electron chi connectivity index (χ2n) is 5.14. The van der Waals surface area contributed by atoms with E-state index in [1.165, 1.54) is 0 Å². The first-order chi connectivity index (χ1) is 9.78. The summed E-state index contributed by atoms with van der Waals surface area (Å²) >= 11 is 0. The maximum atomic E-state index is 10.9. The number of ether oxygens (including phenoxy) is 1. The molecule has 0 saturated carbocycles. The summed E-state index contributed by atoms with van der Waals surface area (Å²) in [5.41, 5.74) is 7.30. The molecule has 0 bridgehead atoms. The molecule has 1 aromatic carbocycles. The largest absolute Gasteiger partial charge is 0.493 e. The number of pyridine rings is 1. The Morgan fingerprint density at radius 1 is 1.30 bits per heavy atom. The van der Waals surface area contributed by atoms with Crippen LogP contribution in [0.3, 0.4) is 0 Å². The quantitative estimate of drug-likeness (QED) is 0.892. The first-order valence-corrected chi connectivity index (χ1v) is 6.78. The van der Waals surface area contributed by atoms with Crippen LogP contribution in [-0.2, 0) is 5.41 Å². The molecular formula is C16H18N2O2. The number of para-hydroxylation sites is 1. The molecule has 4 nitrogen and oxygen atoms in total. The molecule has 0 spiro atoms. The minimum Gasteiger partial charge on any atom is -0.493 e. The lowest BCUT2D eigenvalue weighted by Gasteiger charge is -2.41. The van der Waals surface area contributed by atoms with Gasteiger partial charge in [0.1, 0.15) is 5.75 Å². The Kier molecular flexibility index (Phi) is 3.42. The maximum absolute atomic E-state index is 10.9. The summed E-state index contributed by atoms with van der Waals surface area (Å²) in [6.45, 7) is 0.926. The van der Waals surface area contributed by atoms with E-state index >= 15 is 0 Å². The van der Waals surface area contributed by atoms with Gasteiger partial charge in [-0.1, -0.05) is 24.3 Å². The van der Waals surface area contributed by atoms with Crippen molar-refractivity contribution in [2.24, 2.45) is 5.73 Å². The number of hydrogen-bond donors (Lipinski definition) is 2. The average molecular weight is 270 g/mol. The van der Waals surface area contributed by atoms with Crippen LogP contribution in [0, 0.1) is 0 Å². The van der Waals surface area contributed by atoms with E-state index in [0.717, 1.165) is 16.9 Å². The van der Waals surface area contributed by atoms with Crippen molar-refractivity contribution in [2.45, 2.75) is 17.9 Å². The average Bonchev–Trinajstić information content (AvgIpc) is 2.54. The molecule has 1 aliphatic heterocycles. The number of hydrogen-bond acceptors (Lipinski definition) is 4. The van der Waals surface area contributed by atoms with Gasteiger partial charge in [0, 0.05) is 29.9 Å². The van der Waals surface area contributed by atoms with Crippen LogP contribution in [0.2, 0.25) is 0 Å². The normalized spacial score (nSPS) is 22.7. The van der Waals surface area contributed by atoms with Gasteiger partial charge in [-0.15, -0.1) is 0 Å². The zero-order chi connectivity index (χ0) is 14.0. The molecular weight excluding hydrogens is 252 g/mol. The van der Waals surface area contributed by atoms with E-state index in [1.807, 2.05) is 36.4 Å². The third kappa shape index (κ3) is 1.97. The topological polar surface area (TPSA) is 68.4 Å². The Bertz CT molecular complexity index is 588. The number of aliphatic hydroxyl groups is 1. The van der Waals surface area contributed by atoms with Crippen molar-refractivity contribution in [3.8, 4) is 5.75 Å². The fourth-order valence-electron chi connectivity index (χ4n) is 2.95. The van der Waals surface area contributed by atoms with Crippen molar-refractivity contribution in [3.05, 3.63) is 59.9 Å². The second-order valence-corrected chi connectivity index (χ2v) is 5.14. The number of nitrogens with zero attached hydrogens (tertiary/aromatic N) is 1. The number of nitrogens with two attached hydrogens (primary N) is 1. The van der Waals surface area contributed by atoms with Gasteiger partial charge in [-0.2, -0.15) is 0 Å². The summed E-state index contributed by atoms with van der Waals surface area (Å²) in [6.07, 6.45) is 3.39. The number of fused-ring (bicyclic) bond motifs is 1. The molecule has 0 saturated heterocycles. The van der Waals surface area contributed by atoms with Gasteiger partial charge in [0.15, 0.2) is 0 Å². The highest BCUT2D eigenvalue weighted by atomic mass is 16.5. The molecule has 4 heteroatoms. The molecule has 104 valence electrons. The van der Waals surface area contributed by atoms with Crippen LogP contribution in [0.4, 0.5) is 0 Å². The van der Waals surface area contributed by atoms with Gasteiger partial charge in [-0.3, -0.25) is 4.98 Å². The van der Waals surface area contributed by atoms with Crippen molar-refractivity contribution in [3.63, 3.8) is 0 Å². The first-order valence-electron chi connectivity index (χ1n) is 6.78. The molecule has 1 aromatic heterocycles. The van der Waals surface area contributed by atoms with E-state index < -0.39 is 11.5 Å². The highest BCUT2D eigenvalue weighted by molar-refractivity contribution is 5.44. The molecule has 2 aromatic rings. The Labute approximate surface area is 118 Å². The summed E-state index contributed by atoms with van der Waals surface area (Å²) < 4.78 is 5.68. The minimum absolute atomic E-state index is 0.365. The molecule has 3 N–H and O–H groups in total. The molecule has 2 unspecified atom stereocenters. The van der Waals surface area contributed by atoms with Gasteiger partial charge in [0.2, 0.25) is 0 Å². The zero-order valence-corrected chi connectivity index (χ0v) is 11.2. The van der Waals surface area contributed by atoms with E-state index in [2.05, 4.69) is 4.98 Å². The molecule has 20 heavy (non-hydrogen) atoms. The monoisotopic (exact) mass is 270 g/mol. The van der Waals surface area contributed by atoms with Crippen LogP contribution in [0.5, 0.6) is 5.75 Å². The molecule has 2 heterocycles. The predicted octanol–water partition coefficient (Wildman–Crippen LogP) is 1.79. The molecule has 0 fully saturated rings. The highest BCUT2D eigenvalue weighted by Gasteiger charge is 2.43. The molecule has 0 radical (unpaired) electrons. The van der Waals surface area contributed by atoms with Gasteiger partial charge in [-0.25, -0.2) is 0 Å². The van der Waals surface area contributed by atoms with Crippen LogP contribution in [0.15, 0.2) is 48.8 Å². The van der Waals surface area contributed by atoms with Crippen LogP contribution in [-0.4, -0.2) is 23.2 Å². The van der Waals surface area contributed by atoms with Crippen molar-refractivity contribution in [1.29, 1.82) is 0 Å². The second kappa shape index (κ2) is 5.23. The lowest BCUT2D eigenvalue weighted by Crippen LogP contribution is -2.44. The number of rotatable bonds is 3. The molecule has 1 aliphatic rings. The van der Waals surface area contributed by atoms with Crippen molar-refractivity contribution < 1.29 is 9.84 Å². The minimum atomic E-state index is -0.689. The van der Waals surface area contributed by atoms with Crippen molar-refractivity contribution in [1.82, 2.24) is 4.98 Å². The third-order valence-corrected chi connectivity index (χ3v) is 4.12. The third-order valence-electron chi connectivity index (χ3n) is 4.12. The lowest BCUT2D eigenvalue weighted by molar-refractivity contribution is 0.0533. The SMILES string of the molecule is NCC1(C(O)c2cccnc2)CCOc2ccccc21. The Balaban J connectivity index is 2.09. The Morgan fingerprint density at radius 2 is 2.15 bits per heavy atom. The van der Waals surface area contributed by atoms with Gasteiger partial charge in [0.25, 0.3) is 0 Å². The number of aliphatic hydroxyl groups excluding tert-OH is 1. The fourth-order valence-corrected chi connectivity index (χ4v) is 2.95. The van der Waals surface area contributed by atoms with E-state index in [0.29, 0.717) is 19.6 Å². The van der Waals surface area contributed by atoms with E-state index in [9.17, 15) is 5.11 Å². The fraction of sp³-hybridized carbons (Fsp3) is 0.312. The van der Waals surface area contributed by atoms with Crippen molar-refractivity contribution >= 4 is 0 Å². The molecule has 0 amide bonds. The summed E-state index contributed by atoms with van der Waals surface area (Å²) in [7, 11) is 0. The summed E-state index contributed by atoms with van der Waals surface area (Å²) in [5.74, 6) is 0.812. The number of benzene rings is 1. The lowest BCUT2D eigenvalue weighted by atomic mass is 9.70. The predicted molar refractivity (Wildman–Crippen MR) is 76.5 cm³/mol. The van der Waals surface area contributed by atoms with Crippen LogP contribution < -0.4 is 10.5 Å². The smallest absolute Gasteiger partial charge is 0.123 e. The zero-order valence-electron chi connectivity index (χ0n) is 11.2. The van der Waals surface area contributed by atoms with Gasteiger partial charge >= 0.3 is 0 Å². The Morgan fingerprint density at radius 3 is 2.90 bits per heavy atom. The van der Waals surface area contributed by atoms with Gasteiger partial charge in [-0.05, 0) is 24.1 Å². The van der Waals surface area contributed by atoms with Gasteiger partial charge < -0.3 is 15.6 Å². The summed E-state index contributed by atoms with van der Waals surface area (Å²) in [4.78, 5) is 4.09.